The Kier molecular flexibility index (Phi) is 4.62. The smallest absolute Gasteiger partial charge is 0.227 e. The normalized spacial score (nSPS) is 18.0. The van der Waals surface area contributed by atoms with Gasteiger partial charge in [0.25, 0.3) is 0 Å². The first-order chi connectivity index (χ1) is 11.1. The van der Waals surface area contributed by atoms with Crippen molar-refractivity contribution in [1.29, 1.82) is 0 Å². The minimum atomic E-state index is -0.350. The van der Waals surface area contributed by atoms with Gasteiger partial charge in [0.15, 0.2) is 0 Å². The molecule has 0 N–H and O–H groups in total. The van der Waals surface area contributed by atoms with Crippen molar-refractivity contribution in [2.45, 2.75) is 19.4 Å². The van der Waals surface area contributed by atoms with Crippen LogP contribution in [-0.2, 0) is 16.0 Å². The van der Waals surface area contributed by atoms with Gasteiger partial charge in [0, 0.05) is 12.7 Å². The number of aryl methyl sites for hydroxylation is 1. The topological polar surface area (TPSA) is 55.3 Å². The van der Waals surface area contributed by atoms with Gasteiger partial charge in [0.1, 0.15) is 17.7 Å². The lowest BCUT2D eigenvalue weighted by molar-refractivity contribution is -0.138. The summed E-state index contributed by atoms with van der Waals surface area (Å²) in [6, 6.07) is 8.15. The first-order valence-corrected chi connectivity index (χ1v) is 7.56. The molecule has 1 aliphatic rings. The van der Waals surface area contributed by atoms with E-state index in [-0.39, 0.29) is 24.2 Å². The quantitative estimate of drug-likeness (QED) is 0.870. The highest BCUT2D eigenvalue weighted by molar-refractivity contribution is 5.79. The highest BCUT2D eigenvalue weighted by Crippen LogP contribution is 2.21. The number of benzene rings is 1. The predicted molar refractivity (Wildman–Crippen MR) is 82.1 cm³/mol. The third kappa shape index (κ3) is 3.71. The van der Waals surface area contributed by atoms with Crippen molar-refractivity contribution >= 4 is 5.91 Å². The summed E-state index contributed by atoms with van der Waals surface area (Å²) in [5.41, 5.74) is 1.18. The number of hydrogen-bond donors (Lipinski definition) is 0. The van der Waals surface area contributed by atoms with E-state index in [0.29, 0.717) is 31.1 Å². The maximum Gasteiger partial charge on any atom is 0.227 e. The van der Waals surface area contributed by atoms with E-state index in [0.717, 1.165) is 5.69 Å². The van der Waals surface area contributed by atoms with E-state index >= 15 is 0 Å². The number of morpholine rings is 1. The van der Waals surface area contributed by atoms with E-state index in [1.807, 2.05) is 6.92 Å². The maximum absolute atomic E-state index is 13.7. The summed E-state index contributed by atoms with van der Waals surface area (Å²) in [7, 11) is 0. The van der Waals surface area contributed by atoms with E-state index in [9.17, 15) is 9.18 Å². The van der Waals surface area contributed by atoms with Gasteiger partial charge in [0.2, 0.25) is 5.91 Å². The number of halogens is 1. The second kappa shape index (κ2) is 6.83. The van der Waals surface area contributed by atoms with Gasteiger partial charge in [-0.25, -0.2) is 14.4 Å². The van der Waals surface area contributed by atoms with Gasteiger partial charge in [-0.3, -0.25) is 4.79 Å². The number of hydrogen-bond acceptors (Lipinski definition) is 4. The Bertz CT molecular complexity index is 708. The second-order valence-corrected chi connectivity index (χ2v) is 5.50. The van der Waals surface area contributed by atoms with Crippen molar-refractivity contribution in [3.05, 3.63) is 59.4 Å². The molecular formula is C17H18FN3O2. The van der Waals surface area contributed by atoms with Crippen LogP contribution in [0.4, 0.5) is 4.39 Å². The van der Waals surface area contributed by atoms with E-state index in [1.165, 1.54) is 6.07 Å². The number of carbonyl (C=O) groups is 1. The van der Waals surface area contributed by atoms with Gasteiger partial charge < -0.3 is 9.64 Å². The molecule has 0 spiro atoms. The van der Waals surface area contributed by atoms with Gasteiger partial charge in [-0.15, -0.1) is 0 Å². The zero-order chi connectivity index (χ0) is 16.2. The highest BCUT2D eigenvalue weighted by Gasteiger charge is 2.26. The zero-order valence-electron chi connectivity index (χ0n) is 12.9. The molecule has 120 valence electrons. The number of carbonyl (C=O) groups excluding carboxylic acids is 1. The molecule has 2 heterocycles. The Morgan fingerprint density at radius 2 is 2.22 bits per heavy atom. The maximum atomic E-state index is 13.7. The fourth-order valence-corrected chi connectivity index (χ4v) is 2.63. The molecule has 0 saturated carbocycles. The number of ether oxygens (including phenoxy) is 1. The lowest BCUT2D eigenvalue weighted by Gasteiger charge is -2.32. The van der Waals surface area contributed by atoms with Gasteiger partial charge in [-0.1, -0.05) is 18.2 Å². The Morgan fingerprint density at radius 1 is 1.39 bits per heavy atom. The summed E-state index contributed by atoms with van der Waals surface area (Å²) in [4.78, 5) is 22.6. The van der Waals surface area contributed by atoms with E-state index in [4.69, 9.17) is 4.74 Å². The number of amides is 1. The molecule has 1 aromatic heterocycles. The van der Waals surface area contributed by atoms with Gasteiger partial charge in [-0.05, 0) is 24.6 Å². The molecule has 3 rings (SSSR count). The molecule has 2 aromatic rings. The second-order valence-electron chi connectivity index (χ2n) is 5.50. The lowest BCUT2D eigenvalue weighted by atomic mass is 10.1. The van der Waals surface area contributed by atoms with Gasteiger partial charge in [0.05, 0.1) is 25.3 Å². The first-order valence-electron chi connectivity index (χ1n) is 7.56. The fourth-order valence-electron chi connectivity index (χ4n) is 2.63. The Labute approximate surface area is 134 Å². The monoisotopic (exact) mass is 315 g/mol. The zero-order valence-corrected chi connectivity index (χ0v) is 12.9. The molecule has 6 heteroatoms. The fraction of sp³-hybridized carbons (Fsp3) is 0.353. The summed E-state index contributed by atoms with van der Waals surface area (Å²) >= 11 is 0. The predicted octanol–water partition coefficient (Wildman–Crippen LogP) is 2.07. The molecule has 1 aliphatic heterocycles. The van der Waals surface area contributed by atoms with Crippen LogP contribution in [0.15, 0.2) is 36.5 Å². The number of nitrogens with zero attached hydrogens (tertiary/aromatic N) is 3. The van der Waals surface area contributed by atoms with Crippen LogP contribution >= 0.6 is 0 Å². The van der Waals surface area contributed by atoms with Crippen LogP contribution in [0.25, 0.3) is 0 Å². The SMILES string of the molecule is Cc1nccc([C@@H]2CN(C(=O)Cc3ccccc3F)CCO2)n1. The minimum absolute atomic E-state index is 0.0577. The Hall–Kier alpha value is -2.34. The summed E-state index contributed by atoms with van der Waals surface area (Å²) in [6.45, 7) is 3.18. The summed E-state index contributed by atoms with van der Waals surface area (Å²) in [6.07, 6.45) is 1.47. The molecule has 23 heavy (non-hydrogen) atoms. The lowest BCUT2D eigenvalue weighted by Crippen LogP contribution is -2.43. The first kappa shape index (κ1) is 15.6. The van der Waals surface area contributed by atoms with Crippen molar-refractivity contribution in [1.82, 2.24) is 14.9 Å². The van der Waals surface area contributed by atoms with Crippen molar-refractivity contribution in [3.63, 3.8) is 0 Å². The summed E-state index contributed by atoms with van der Waals surface area (Å²) < 4.78 is 19.4. The number of aromatic nitrogens is 2. The van der Waals surface area contributed by atoms with Crippen LogP contribution in [0.1, 0.15) is 23.2 Å². The molecular weight excluding hydrogens is 297 g/mol. The van der Waals surface area contributed by atoms with E-state index in [1.54, 1.807) is 35.4 Å². The van der Waals surface area contributed by atoms with Crippen LogP contribution in [0.3, 0.4) is 0 Å². The molecule has 0 bridgehead atoms. The Balaban J connectivity index is 1.68. The van der Waals surface area contributed by atoms with Crippen LogP contribution in [0, 0.1) is 12.7 Å². The van der Waals surface area contributed by atoms with Crippen molar-refractivity contribution in [3.8, 4) is 0 Å². The van der Waals surface area contributed by atoms with Crippen LogP contribution in [-0.4, -0.2) is 40.5 Å². The third-order valence-electron chi connectivity index (χ3n) is 3.85. The van der Waals surface area contributed by atoms with Crippen molar-refractivity contribution in [2.24, 2.45) is 0 Å². The molecule has 1 fully saturated rings. The summed E-state index contributed by atoms with van der Waals surface area (Å²) in [5, 5.41) is 0. The minimum Gasteiger partial charge on any atom is -0.368 e. The Morgan fingerprint density at radius 3 is 3.00 bits per heavy atom. The van der Waals surface area contributed by atoms with Gasteiger partial charge >= 0.3 is 0 Å². The van der Waals surface area contributed by atoms with Crippen molar-refractivity contribution < 1.29 is 13.9 Å². The van der Waals surface area contributed by atoms with E-state index in [2.05, 4.69) is 9.97 Å². The van der Waals surface area contributed by atoms with Crippen LogP contribution in [0.5, 0.6) is 0 Å². The summed E-state index contributed by atoms with van der Waals surface area (Å²) in [5.74, 6) is 0.215. The molecule has 1 saturated heterocycles. The molecule has 0 radical (unpaired) electrons. The average Bonchev–Trinajstić information content (AvgIpc) is 2.57. The molecule has 5 nitrogen and oxygen atoms in total. The molecule has 0 unspecified atom stereocenters. The molecule has 0 aliphatic carbocycles. The third-order valence-corrected chi connectivity index (χ3v) is 3.85. The molecule has 1 amide bonds. The van der Waals surface area contributed by atoms with E-state index < -0.39 is 0 Å². The van der Waals surface area contributed by atoms with Crippen LogP contribution in [0.2, 0.25) is 0 Å². The van der Waals surface area contributed by atoms with Crippen LogP contribution < -0.4 is 0 Å². The highest BCUT2D eigenvalue weighted by atomic mass is 19.1. The standard InChI is InChI=1S/C17H18FN3O2/c1-12-19-7-6-15(20-12)16-11-21(8-9-23-16)17(22)10-13-4-2-3-5-14(13)18/h2-7,16H,8-11H2,1H3/t16-/m0/s1. The van der Waals surface area contributed by atoms with Crippen molar-refractivity contribution in [2.75, 3.05) is 19.7 Å². The average molecular weight is 315 g/mol. The van der Waals surface area contributed by atoms with Gasteiger partial charge in [-0.2, -0.15) is 0 Å². The molecule has 1 atom stereocenters. The number of rotatable bonds is 3. The molecule has 1 aromatic carbocycles. The largest absolute Gasteiger partial charge is 0.368 e.